The van der Waals surface area contributed by atoms with Gasteiger partial charge in [-0.05, 0) is 30.7 Å². The summed E-state index contributed by atoms with van der Waals surface area (Å²) in [5.41, 5.74) is 6.93. The molecule has 0 spiro atoms. The Kier molecular flexibility index (Phi) is 2.56. The Balaban J connectivity index is 2.22. The Morgan fingerprint density at radius 3 is 2.64 bits per heavy atom. The molecule has 0 aliphatic carbocycles. The second-order valence-electron chi connectivity index (χ2n) is 3.13. The standard InChI is InChI=1S/C10H10FNS2/c1-6-4-7(10(12)13-6)5-8-2-3-9(11)14-8/h2-4H,5,12H2,1H3. The Bertz CT molecular complexity index is 445. The summed E-state index contributed by atoms with van der Waals surface area (Å²) in [6.07, 6.45) is 0.741. The van der Waals surface area contributed by atoms with E-state index in [1.807, 2.05) is 13.0 Å². The molecule has 0 aromatic carbocycles. The number of nitrogen functional groups attached to an aromatic ring is 1. The van der Waals surface area contributed by atoms with Crippen LogP contribution in [0.2, 0.25) is 0 Å². The zero-order valence-electron chi connectivity index (χ0n) is 7.71. The zero-order valence-corrected chi connectivity index (χ0v) is 9.34. The van der Waals surface area contributed by atoms with E-state index >= 15 is 0 Å². The molecule has 0 saturated carbocycles. The van der Waals surface area contributed by atoms with Crippen LogP contribution in [0.15, 0.2) is 18.2 Å². The van der Waals surface area contributed by atoms with Gasteiger partial charge in [0.1, 0.15) is 0 Å². The van der Waals surface area contributed by atoms with E-state index in [4.69, 9.17) is 5.73 Å². The first-order valence-electron chi connectivity index (χ1n) is 4.24. The Hall–Kier alpha value is -0.870. The molecule has 2 aromatic rings. The highest BCUT2D eigenvalue weighted by Crippen LogP contribution is 2.28. The van der Waals surface area contributed by atoms with Crippen molar-refractivity contribution in [2.45, 2.75) is 13.3 Å². The van der Waals surface area contributed by atoms with Gasteiger partial charge in [-0.3, -0.25) is 0 Å². The molecule has 0 unspecified atom stereocenters. The molecule has 2 aromatic heterocycles. The lowest BCUT2D eigenvalue weighted by atomic mass is 10.2. The third-order valence-electron chi connectivity index (χ3n) is 1.96. The lowest BCUT2D eigenvalue weighted by Gasteiger charge is -1.95. The molecule has 0 aliphatic rings. The van der Waals surface area contributed by atoms with Crippen molar-refractivity contribution in [1.82, 2.24) is 0 Å². The lowest BCUT2D eigenvalue weighted by molar-refractivity contribution is 0.657. The normalized spacial score (nSPS) is 10.7. The second kappa shape index (κ2) is 3.71. The van der Waals surface area contributed by atoms with Gasteiger partial charge in [0.05, 0.1) is 5.00 Å². The first kappa shape index (κ1) is 9.68. The van der Waals surface area contributed by atoms with Crippen LogP contribution in [0.25, 0.3) is 0 Å². The summed E-state index contributed by atoms with van der Waals surface area (Å²) >= 11 is 2.77. The minimum atomic E-state index is -0.134. The zero-order chi connectivity index (χ0) is 10.1. The highest BCUT2D eigenvalue weighted by molar-refractivity contribution is 7.16. The minimum Gasteiger partial charge on any atom is -0.390 e. The Morgan fingerprint density at radius 1 is 1.36 bits per heavy atom. The molecule has 0 amide bonds. The number of halogens is 1. The average molecular weight is 227 g/mol. The van der Waals surface area contributed by atoms with Crippen LogP contribution in [0, 0.1) is 12.1 Å². The molecule has 1 nitrogen and oxygen atoms in total. The van der Waals surface area contributed by atoms with Gasteiger partial charge in [0.25, 0.3) is 0 Å². The van der Waals surface area contributed by atoms with E-state index < -0.39 is 0 Å². The molecule has 4 heteroatoms. The van der Waals surface area contributed by atoms with E-state index in [0.29, 0.717) is 0 Å². The van der Waals surface area contributed by atoms with Gasteiger partial charge in [-0.1, -0.05) is 0 Å². The Labute approximate surface area is 90.0 Å². The van der Waals surface area contributed by atoms with Crippen molar-refractivity contribution in [3.63, 3.8) is 0 Å². The van der Waals surface area contributed by atoms with Crippen LogP contribution in [0.5, 0.6) is 0 Å². The third kappa shape index (κ3) is 1.96. The predicted octanol–water partition coefficient (Wildman–Crippen LogP) is 3.43. The van der Waals surface area contributed by atoms with Gasteiger partial charge < -0.3 is 5.73 Å². The van der Waals surface area contributed by atoms with Crippen LogP contribution in [0.3, 0.4) is 0 Å². The number of thiophene rings is 2. The maximum absolute atomic E-state index is 12.7. The second-order valence-corrected chi connectivity index (χ2v) is 5.54. The van der Waals surface area contributed by atoms with Crippen molar-refractivity contribution in [2.24, 2.45) is 0 Å². The molecule has 74 valence electrons. The number of nitrogens with two attached hydrogens (primary N) is 1. The van der Waals surface area contributed by atoms with Crippen molar-refractivity contribution in [3.8, 4) is 0 Å². The Morgan fingerprint density at radius 2 is 2.14 bits per heavy atom. The fourth-order valence-electron chi connectivity index (χ4n) is 1.36. The summed E-state index contributed by atoms with van der Waals surface area (Å²) in [6.45, 7) is 2.03. The van der Waals surface area contributed by atoms with Gasteiger partial charge in [0, 0.05) is 16.2 Å². The van der Waals surface area contributed by atoms with Crippen LogP contribution < -0.4 is 5.73 Å². The SMILES string of the molecule is Cc1cc(Cc2ccc(F)s2)c(N)s1. The molecule has 0 bridgehead atoms. The van der Waals surface area contributed by atoms with Gasteiger partial charge in [-0.15, -0.1) is 22.7 Å². The number of aryl methyl sites for hydroxylation is 1. The van der Waals surface area contributed by atoms with Gasteiger partial charge in [0.2, 0.25) is 0 Å². The predicted molar refractivity (Wildman–Crippen MR) is 60.6 cm³/mol. The third-order valence-corrected chi connectivity index (χ3v) is 3.75. The van der Waals surface area contributed by atoms with Crippen molar-refractivity contribution in [3.05, 3.63) is 38.6 Å². The molecule has 0 fully saturated rings. The largest absolute Gasteiger partial charge is 0.390 e. The smallest absolute Gasteiger partial charge is 0.176 e. The van der Waals surface area contributed by atoms with E-state index in [0.717, 1.165) is 21.9 Å². The monoisotopic (exact) mass is 227 g/mol. The van der Waals surface area contributed by atoms with Crippen LogP contribution in [-0.4, -0.2) is 0 Å². The summed E-state index contributed by atoms with van der Waals surface area (Å²) in [7, 11) is 0. The highest BCUT2D eigenvalue weighted by Gasteiger charge is 2.06. The molecule has 0 atom stereocenters. The van der Waals surface area contributed by atoms with Crippen LogP contribution in [0.1, 0.15) is 15.3 Å². The van der Waals surface area contributed by atoms with Gasteiger partial charge >= 0.3 is 0 Å². The number of anilines is 1. The molecular formula is C10H10FNS2. The molecular weight excluding hydrogens is 217 g/mol. The topological polar surface area (TPSA) is 26.0 Å². The van der Waals surface area contributed by atoms with E-state index in [-0.39, 0.29) is 5.13 Å². The maximum Gasteiger partial charge on any atom is 0.176 e. The van der Waals surface area contributed by atoms with Crippen molar-refractivity contribution >= 4 is 27.7 Å². The molecule has 2 N–H and O–H groups in total. The van der Waals surface area contributed by atoms with Crippen molar-refractivity contribution in [2.75, 3.05) is 5.73 Å². The first-order chi connectivity index (χ1) is 6.65. The van der Waals surface area contributed by atoms with E-state index in [9.17, 15) is 4.39 Å². The lowest BCUT2D eigenvalue weighted by Crippen LogP contribution is -1.87. The molecule has 2 rings (SSSR count). The molecule has 2 heterocycles. The highest BCUT2D eigenvalue weighted by atomic mass is 32.1. The maximum atomic E-state index is 12.7. The summed E-state index contributed by atoms with van der Waals surface area (Å²) in [5, 5.41) is 0.710. The molecule has 14 heavy (non-hydrogen) atoms. The number of rotatable bonds is 2. The van der Waals surface area contributed by atoms with Crippen molar-refractivity contribution in [1.29, 1.82) is 0 Å². The van der Waals surface area contributed by atoms with Crippen molar-refractivity contribution < 1.29 is 4.39 Å². The van der Waals surface area contributed by atoms with Gasteiger partial charge in [-0.25, -0.2) is 0 Å². The quantitative estimate of drug-likeness (QED) is 0.835. The summed E-state index contributed by atoms with van der Waals surface area (Å²) in [5.74, 6) is 0. The summed E-state index contributed by atoms with van der Waals surface area (Å²) < 4.78 is 12.7. The van der Waals surface area contributed by atoms with E-state index in [2.05, 4.69) is 6.07 Å². The van der Waals surface area contributed by atoms with E-state index in [1.165, 1.54) is 22.3 Å². The van der Waals surface area contributed by atoms with Gasteiger partial charge in [-0.2, -0.15) is 4.39 Å². The van der Waals surface area contributed by atoms with Crippen LogP contribution >= 0.6 is 22.7 Å². The fourth-order valence-corrected chi connectivity index (χ4v) is 2.92. The molecule has 0 saturated heterocycles. The van der Waals surface area contributed by atoms with Crippen LogP contribution in [-0.2, 0) is 6.42 Å². The van der Waals surface area contributed by atoms with Crippen LogP contribution in [0.4, 0.5) is 9.39 Å². The fraction of sp³-hybridized carbons (Fsp3) is 0.200. The molecule has 0 radical (unpaired) electrons. The summed E-state index contributed by atoms with van der Waals surface area (Å²) in [6, 6.07) is 5.37. The number of hydrogen-bond donors (Lipinski definition) is 1. The first-order valence-corrected chi connectivity index (χ1v) is 5.87. The average Bonchev–Trinajstić information content (AvgIpc) is 2.61. The minimum absolute atomic E-state index is 0.134. The van der Waals surface area contributed by atoms with Gasteiger partial charge in [0.15, 0.2) is 5.13 Å². The molecule has 0 aliphatic heterocycles. The number of hydrogen-bond acceptors (Lipinski definition) is 3. The summed E-state index contributed by atoms with van der Waals surface area (Å²) in [4.78, 5) is 2.22. The van der Waals surface area contributed by atoms with E-state index in [1.54, 1.807) is 11.3 Å².